The fourth-order valence-electron chi connectivity index (χ4n) is 3.54. The number of hydrogen-bond donors (Lipinski definition) is 1. The van der Waals surface area contributed by atoms with Crippen molar-refractivity contribution in [2.24, 2.45) is 5.92 Å². The summed E-state index contributed by atoms with van der Waals surface area (Å²) in [7, 11) is 0. The molecule has 1 aliphatic heterocycles. The molecule has 3 rings (SSSR count). The molecule has 0 saturated carbocycles. The molecule has 30 heavy (non-hydrogen) atoms. The van der Waals surface area contributed by atoms with E-state index in [1.165, 1.54) is 0 Å². The van der Waals surface area contributed by atoms with Crippen molar-refractivity contribution in [3.05, 3.63) is 75.8 Å². The number of piperidine rings is 1. The van der Waals surface area contributed by atoms with E-state index in [0.29, 0.717) is 29.8 Å². The Balaban J connectivity index is 0.00000320. The first kappa shape index (κ1) is 24.7. The molecule has 0 amide bonds. The number of aliphatic carboxylic acids is 1. The lowest BCUT2D eigenvalue weighted by Gasteiger charge is -2.30. The van der Waals surface area contributed by atoms with Crippen LogP contribution in [0, 0.1) is 5.92 Å². The standard InChI is InChI=1S/C23H25Cl2NO3.ClH/c24-20-7-3-17(4-8-20)22(18-5-9-21(25)10-6-18)11-14-29-15-13-26-12-1-2-19(16-26)23(27)28;/h3-11,19H,1-2,12-16H2,(H,27,28);1H/t19-;/m1./s1. The molecule has 0 unspecified atom stereocenters. The Kier molecular flexibility index (Phi) is 10.2. The SMILES string of the molecule is Cl.O=C(O)[C@@H]1CCCN(CCOCC=C(c2ccc(Cl)cc2)c2ccc(Cl)cc2)C1. The van der Waals surface area contributed by atoms with Crippen molar-refractivity contribution in [3.8, 4) is 0 Å². The number of carboxylic acids is 1. The van der Waals surface area contributed by atoms with Crippen molar-refractivity contribution in [1.29, 1.82) is 0 Å². The molecular formula is C23H26Cl3NO3. The van der Waals surface area contributed by atoms with Gasteiger partial charge in [-0.15, -0.1) is 12.4 Å². The van der Waals surface area contributed by atoms with E-state index >= 15 is 0 Å². The number of halogens is 3. The Morgan fingerprint density at radius 1 is 1.07 bits per heavy atom. The second kappa shape index (κ2) is 12.3. The molecule has 0 aromatic heterocycles. The van der Waals surface area contributed by atoms with Gasteiger partial charge in [0.1, 0.15) is 0 Å². The third kappa shape index (κ3) is 7.29. The summed E-state index contributed by atoms with van der Waals surface area (Å²) in [6.07, 6.45) is 3.75. The van der Waals surface area contributed by atoms with Gasteiger partial charge in [0.25, 0.3) is 0 Å². The molecule has 0 bridgehead atoms. The van der Waals surface area contributed by atoms with E-state index in [2.05, 4.69) is 11.0 Å². The van der Waals surface area contributed by atoms with Gasteiger partial charge in [-0.1, -0.05) is 53.5 Å². The third-order valence-electron chi connectivity index (χ3n) is 5.12. The van der Waals surface area contributed by atoms with Crippen LogP contribution in [0.1, 0.15) is 24.0 Å². The number of benzene rings is 2. The quantitative estimate of drug-likeness (QED) is 0.506. The minimum atomic E-state index is -0.700. The normalized spacial score (nSPS) is 16.5. The van der Waals surface area contributed by atoms with Crippen LogP contribution in [0.25, 0.3) is 5.57 Å². The van der Waals surface area contributed by atoms with Gasteiger partial charge in [0.2, 0.25) is 0 Å². The fraction of sp³-hybridized carbons (Fsp3) is 0.348. The molecule has 1 fully saturated rings. The molecule has 1 saturated heterocycles. The zero-order valence-electron chi connectivity index (χ0n) is 16.6. The minimum Gasteiger partial charge on any atom is -0.481 e. The first-order valence-corrected chi connectivity index (χ1v) is 10.5. The zero-order valence-corrected chi connectivity index (χ0v) is 18.9. The summed E-state index contributed by atoms with van der Waals surface area (Å²) >= 11 is 12.1. The highest BCUT2D eigenvalue weighted by atomic mass is 35.5. The summed E-state index contributed by atoms with van der Waals surface area (Å²) in [6.45, 7) is 3.32. The highest BCUT2D eigenvalue weighted by Crippen LogP contribution is 2.26. The maximum Gasteiger partial charge on any atom is 0.307 e. The summed E-state index contributed by atoms with van der Waals surface area (Å²) in [5.41, 5.74) is 3.17. The molecule has 0 radical (unpaired) electrons. The Bertz CT molecular complexity index is 790. The van der Waals surface area contributed by atoms with Gasteiger partial charge >= 0.3 is 5.97 Å². The van der Waals surface area contributed by atoms with Crippen LogP contribution in [-0.4, -0.2) is 48.8 Å². The highest BCUT2D eigenvalue weighted by molar-refractivity contribution is 6.31. The average molecular weight is 471 g/mol. The van der Waals surface area contributed by atoms with Crippen LogP contribution in [0.4, 0.5) is 0 Å². The van der Waals surface area contributed by atoms with Crippen molar-refractivity contribution < 1.29 is 14.6 Å². The molecule has 1 heterocycles. The van der Waals surface area contributed by atoms with Gasteiger partial charge < -0.3 is 14.7 Å². The van der Waals surface area contributed by atoms with Gasteiger partial charge in [-0.2, -0.15) is 0 Å². The molecule has 1 atom stereocenters. The van der Waals surface area contributed by atoms with E-state index in [4.69, 9.17) is 27.9 Å². The molecular weight excluding hydrogens is 445 g/mol. The lowest BCUT2D eigenvalue weighted by atomic mass is 9.98. The number of hydrogen-bond acceptors (Lipinski definition) is 3. The van der Waals surface area contributed by atoms with Crippen molar-refractivity contribution in [2.45, 2.75) is 12.8 Å². The summed E-state index contributed by atoms with van der Waals surface area (Å²) in [4.78, 5) is 13.4. The molecule has 1 aliphatic rings. The predicted octanol–water partition coefficient (Wildman–Crippen LogP) is 5.66. The molecule has 0 spiro atoms. The van der Waals surface area contributed by atoms with Crippen LogP contribution in [0.2, 0.25) is 10.0 Å². The van der Waals surface area contributed by atoms with Crippen LogP contribution in [0.5, 0.6) is 0 Å². The fourth-order valence-corrected chi connectivity index (χ4v) is 3.79. The lowest BCUT2D eigenvalue weighted by Crippen LogP contribution is -2.40. The summed E-state index contributed by atoms with van der Waals surface area (Å²) < 4.78 is 5.84. The minimum absolute atomic E-state index is 0. The number of nitrogens with zero attached hydrogens (tertiary/aromatic N) is 1. The Morgan fingerprint density at radius 2 is 1.63 bits per heavy atom. The lowest BCUT2D eigenvalue weighted by molar-refractivity contribution is -0.143. The van der Waals surface area contributed by atoms with E-state index in [0.717, 1.165) is 42.6 Å². The third-order valence-corrected chi connectivity index (χ3v) is 5.63. The van der Waals surface area contributed by atoms with Crippen LogP contribution in [0.3, 0.4) is 0 Å². The van der Waals surface area contributed by atoms with Crippen molar-refractivity contribution in [3.63, 3.8) is 0 Å². The molecule has 7 heteroatoms. The maximum absolute atomic E-state index is 11.2. The molecule has 0 aliphatic carbocycles. The zero-order chi connectivity index (χ0) is 20.6. The van der Waals surface area contributed by atoms with Gasteiger partial charge in [0.05, 0.1) is 19.1 Å². The molecule has 162 valence electrons. The van der Waals surface area contributed by atoms with Gasteiger partial charge in [0, 0.05) is 23.1 Å². The van der Waals surface area contributed by atoms with E-state index < -0.39 is 5.97 Å². The number of rotatable bonds is 8. The van der Waals surface area contributed by atoms with E-state index in [-0.39, 0.29) is 18.3 Å². The number of likely N-dealkylation sites (tertiary alicyclic amines) is 1. The van der Waals surface area contributed by atoms with Crippen molar-refractivity contribution in [1.82, 2.24) is 4.90 Å². The average Bonchev–Trinajstić information content (AvgIpc) is 2.73. The molecule has 2 aromatic rings. The number of carboxylic acid groups (broad SMARTS) is 1. The summed E-state index contributed by atoms with van der Waals surface area (Å²) in [5.74, 6) is -0.959. The summed E-state index contributed by atoms with van der Waals surface area (Å²) in [5, 5.41) is 10.6. The monoisotopic (exact) mass is 469 g/mol. The Hall–Kier alpha value is -1.56. The number of ether oxygens (including phenoxy) is 1. The van der Waals surface area contributed by atoms with Gasteiger partial charge in [-0.3, -0.25) is 4.79 Å². The Morgan fingerprint density at radius 3 is 2.17 bits per heavy atom. The smallest absolute Gasteiger partial charge is 0.307 e. The van der Waals surface area contributed by atoms with E-state index in [1.54, 1.807) is 0 Å². The second-order valence-corrected chi connectivity index (χ2v) is 8.06. The number of carbonyl (C=O) groups is 1. The first-order chi connectivity index (χ1) is 14.0. The van der Waals surface area contributed by atoms with Crippen LogP contribution in [0.15, 0.2) is 54.6 Å². The second-order valence-electron chi connectivity index (χ2n) is 7.18. The molecule has 1 N–H and O–H groups in total. The van der Waals surface area contributed by atoms with Crippen molar-refractivity contribution in [2.75, 3.05) is 32.8 Å². The predicted molar refractivity (Wildman–Crippen MR) is 125 cm³/mol. The summed E-state index contributed by atoms with van der Waals surface area (Å²) in [6, 6.07) is 15.4. The van der Waals surface area contributed by atoms with Crippen LogP contribution >= 0.6 is 35.6 Å². The molecule has 2 aromatic carbocycles. The first-order valence-electron chi connectivity index (χ1n) is 9.78. The van der Waals surface area contributed by atoms with Crippen molar-refractivity contribution >= 4 is 47.2 Å². The van der Waals surface area contributed by atoms with Gasteiger partial charge in [0.15, 0.2) is 0 Å². The van der Waals surface area contributed by atoms with Crippen LogP contribution < -0.4 is 0 Å². The van der Waals surface area contributed by atoms with Gasteiger partial charge in [-0.25, -0.2) is 0 Å². The largest absolute Gasteiger partial charge is 0.481 e. The van der Waals surface area contributed by atoms with E-state index in [9.17, 15) is 9.90 Å². The topological polar surface area (TPSA) is 49.8 Å². The molecule has 4 nitrogen and oxygen atoms in total. The maximum atomic E-state index is 11.2. The Labute approximate surface area is 193 Å². The van der Waals surface area contributed by atoms with E-state index in [1.807, 2.05) is 48.5 Å². The highest BCUT2D eigenvalue weighted by Gasteiger charge is 2.24. The van der Waals surface area contributed by atoms with Gasteiger partial charge in [-0.05, 0) is 60.4 Å². The van der Waals surface area contributed by atoms with Crippen LogP contribution in [-0.2, 0) is 9.53 Å².